The summed E-state index contributed by atoms with van der Waals surface area (Å²) in [5.74, 6) is -3.14. The number of rotatable bonds is 17. The van der Waals surface area contributed by atoms with Crippen LogP contribution in [0.5, 0.6) is 0 Å². The molecule has 2 aromatic rings. The van der Waals surface area contributed by atoms with Gasteiger partial charge < -0.3 is 43.2 Å². The second-order valence-electron chi connectivity index (χ2n) is 10.2. The maximum atomic E-state index is 13.4. The molecule has 0 bridgehead atoms. The number of imidazole rings is 1. The Kier molecular flexibility index (Phi) is 13.3. The van der Waals surface area contributed by atoms with Crippen molar-refractivity contribution in [2.24, 2.45) is 28.1 Å². The summed E-state index contributed by atoms with van der Waals surface area (Å²) in [7, 11) is 0. The summed E-state index contributed by atoms with van der Waals surface area (Å²) < 4.78 is 0. The molecule has 1 heterocycles. The zero-order valence-electron chi connectivity index (χ0n) is 23.4. The maximum absolute atomic E-state index is 13.4. The quantitative estimate of drug-likeness (QED) is 0.0669. The summed E-state index contributed by atoms with van der Waals surface area (Å²) in [6, 6.07) is 4.59. The molecule has 0 spiro atoms. The summed E-state index contributed by atoms with van der Waals surface area (Å²) in [5, 5.41) is 17.6. The van der Waals surface area contributed by atoms with Crippen LogP contribution in [0.2, 0.25) is 0 Å². The van der Waals surface area contributed by atoms with Crippen LogP contribution >= 0.6 is 0 Å². The first-order valence-electron chi connectivity index (χ1n) is 13.4. The van der Waals surface area contributed by atoms with Gasteiger partial charge in [-0.25, -0.2) is 9.78 Å². The molecule has 4 unspecified atom stereocenters. The Hall–Kier alpha value is -4.46. The fourth-order valence-corrected chi connectivity index (χ4v) is 4.07. The highest BCUT2D eigenvalue weighted by molar-refractivity contribution is 5.94. The molecule has 0 aliphatic carbocycles. The number of carboxylic acid groups (broad SMARTS) is 1. The second kappa shape index (κ2) is 16.6. The molecular weight excluding hydrogens is 530 g/mol. The van der Waals surface area contributed by atoms with Crippen LogP contribution in [0.25, 0.3) is 0 Å². The van der Waals surface area contributed by atoms with E-state index in [0.29, 0.717) is 12.1 Å². The van der Waals surface area contributed by atoms with Gasteiger partial charge in [-0.15, -0.1) is 0 Å². The number of carbonyl (C=O) groups excluding carboxylic acids is 3. The van der Waals surface area contributed by atoms with Crippen LogP contribution in [0.4, 0.5) is 0 Å². The van der Waals surface area contributed by atoms with Gasteiger partial charge in [0, 0.05) is 31.3 Å². The molecule has 0 fully saturated rings. The number of amides is 3. The summed E-state index contributed by atoms with van der Waals surface area (Å²) in [6.45, 7) is 3.97. The lowest BCUT2D eigenvalue weighted by Crippen LogP contribution is -2.57. The van der Waals surface area contributed by atoms with Gasteiger partial charge in [-0.1, -0.05) is 44.2 Å². The smallest absolute Gasteiger partial charge is 0.326 e. The van der Waals surface area contributed by atoms with Crippen molar-refractivity contribution in [3.8, 4) is 0 Å². The first-order chi connectivity index (χ1) is 19.5. The lowest BCUT2D eigenvalue weighted by atomic mass is 10.0. The van der Waals surface area contributed by atoms with Crippen molar-refractivity contribution < 1.29 is 24.3 Å². The van der Waals surface area contributed by atoms with Gasteiger partial charge in [0.15, 0.2) is 5.96 Å². The number of nitrogens with one attached hydrogen (secondary N) is 4. The Morgan fingerprint density at radius 2 is 1.59 bits per heavy atom. The number of carbonyl (C=O) groups is 4. The van der Waals surface area contributed by atoms with E-state index in [0.717, 1.165) is 5.56 Å². The third kappa shape index (κ3) is 12.1. The van der Waals surface area contributed by atoms with Gasteiger partial charge in [0.1, 0.15) is 18.1 Å². The highest BCUT2D eigenvalue weighted by atomic mass is 16.4. The summed E-state index contributed by atoms with van der Waals surface area (Å²) in [4.78, 5) is 62.1. The average Bonchev–Trinajstić information content (AvgIpc) is 3.42. The van der Waals surface area contributed by atoms with Crippen LogP contribution in [0.1, 0.15) is 44.4 Å². The van der Waals surface area contributed by atoms with Gasteiger partial charge >= 0.3 is 5.97 Å². The third-order valence-corrected chi connectivity index (χ3v) is 6.15. The number of aliphatic carboxylic acids is 1. The van der Waals surface area contributed by atoms with E-state index < -0.39 is 47.9 Å². The summed E-state index contributed by atoms with van der Waals surface area (Å²) in [5.41, 5.74) is 18.2. The van der Waals surface area contributed by atoms with Crippen LogP contribution in [-0.4, -0.2) is 75.4 Å². The number of guanidine groups is 1. The number of carboxylic acids is 1. The molecule has 14 nitrogen and oxygen atoms in total. The molecule has 224 valence electrons. The molecule has 14 heteroatoms. The van der Waals surface area contributed by atoms with Gasteiger partial charge in [0.25, 0.3) is 0 Å². The van der Waals surface area contributed by atoms with E-state index in [1.807, 2.05) is 13.8 Å². The number of aromatic amines is 1. The van der Waals surface area contributed by atoms with Crippen LogP contribution in [0, 0.1) is 5.92 Å². The Labute approximate surface area is 238 Å². The average molecular weight is 572 g/mol. The fraction of sp³-hybridized carbons (Fsp3) is 0.481. The molecule has 0 saturated carbocycles. The van der Waals surface area contributed by atoms with Crippen molar-refractivity contribution in [3.05, 3.63) is 54.1 Å². The Balaban J connectivity index is 2.16. The molecule has 4 atom stereocenters. The molecule has 1 aromatic heterocycles. The van der Waals surface area contributed by atoms with Crippen LogP contribution in [0.3, 0.4) is 0 Å². The number of H-pyrrole nitrogens is 1. The third-order valence-electron chi connectivity index (χ3n) is 6.15. The van der Waals surface area contributed by atoms with E-state index in [2.05, 4.69) is 30.9 Å². The molecule has 0 aliphatic rings. The lowest BCUT2D eigenvalue weighted by Gasteiger charge is -2.26. The van der Waals surface area contributed by atoms with Gasteiger partial charge in [-0.2, -0.15) is 0 Å². The zero-order chi connectivity index (χ0) is 30.4. The Morgan fingerprint density at radius 3 is 2.17 bits per heavy atom. The minimum Gasteiger partial charge on any atom is -0.480 e. The van der Waals surface area contributed by atoms with Crippen molar-refractivity contribution in [2.75, 3.05) is 6.54 Å². The standard InChI is InChI=1S/C27H41N9O5/c1-16(2)11-21(35-23(37)19(28)13-18-14-31-15-33-18)25(39)34-20(9-6-10-32-27(29)30)24(38)36-22(26(40)41)12-17-7-4-3-5-8-17/h3-5,7-8,14-16,19-22H,6,9-13,28H2,1-2H3,(H,31,33)(H,34,39)(H,35,37)(H,36,38)(H,40,41)(H4,29,30,32). The first-order valence-corrected chi connectivity index (χ1v) is 13.4. The van der Waals surface area contributed by atoms with Gasteiger partial charge in [0.05, 0.1) is 12.4 Å². The molecule has 0 saturated heterocycles. The first kappa shape index (κ1) is 32.8. The Bertz CT molecular complexity index is 1150. The zero-order valence-corrected chi connectivity index (χ0v) is 23.4. The Morgan fingerprint density at radius 1 is 0.951 bits per heavy atom. The molecule has 0 radical (unpaired) electrons. The van der Waals surface area contributed by atoms with E-state index in [9.17, 15) is 24.3 Å². The summed E-state index contributed by atoms with van der Waals surface area (Å²) >= 11 is 0. The topological polar surface area (TPSA) is 244 Å². The number of aromatic nitrogens is 2. The van der Waals surface area contributed by atoms with Gasteiger partial charge in [-0.05, 0) is 30.7 Å². The number of aliphatic imine (C=N–C) groups is 1. The highest BCUT2D eigenvalue weighted by Crippen LogP contribution is 2.09. The van der Waals surface area contributed by atoms with Crippen molar-refractivity contribution in [3.63, 3.8) is 0 Å². The minimum atomic E-state index is -1.23. The largest absolute Gasteiger partial charge is 0.480 e. The van der Waals surface area contributed by atoms with Crippen LogP contribution in [-0.2, 0) is 32.0 Å². The fourth-order valence-electron chi connectivity index (χ4n) is 4.07. The monoisotopic (exact) mass is 571 g/mol. The number of nitrogens with zero attached hydrogens (tertiary/aromatic N) is 2. The molecule has 0 aliphatic heterocycles. The van der Waals surface area contributed by atoms with E-state index >= 15 is 0 Å². The normalized spacial score (nSPS) is 13.9. The van der Waals surface area contributed by atoms with Crippen LogP contribution < -0.4 is 33.2 Å². The number of nitrogens with two attached hydrogens (primary N) is 3. The second-order valence-corrected chi connectivity index (χ2v) is 10.2. The van der Waals surface area contributed by atoms with Crippen molar-refractivity contribution in [1.29, 1.82) is 0 Å². The predicted molar refractivity (Wildman–Crippen MR) is 153 cm³/mol. The number of hydrogen-bond acceptors (Lipinski definition) is 7. The lowest BCUT2D eigenvalue weighted by molar-refractivity contribution is -0.142. The molecule has 11 N–H and O–H groups in total. The van der Waals surface area contributed by atoms with Crippen molar-refractivity contribution in [2.45, 2.75) is 70.1 Å². The molecule has 41 heavy (non-hydrogen) atoms. The van der Waals surface area contributed by atoms with E-state index in [1.165, 1.54) is 6.33 Å². The van der Waals surface area contributed by atoms with E-state index in [4.69, 9.17) is 17.2 Å². The van der Waals surface area contributed by atoms with E-state index in [-0.39, 0.29) is 44.1 Å². The van der Waals surface area contributed by atoms with Crippen LogP contribution in [0.15, 0.2) is 47.8 Å². The molecule has 1 aromatic carbocycles. The minimum absolute atomic E-state index is 0.0197. The van der Waals surface area contributed by atoms with Crippen molar-refractivity contribution in [1.82, 2.24) is 25.9 Å². The van der Waals surface area contributed by atoms with Gasteiger partial charge in [0.2, 0.25) is 17.7 Å². The van der Waals surface area contributed by atoms with Crippen molar-refractivity contribution >= 4 is 29.7 Å². The molecule has 3 amide bonds. The highest BCUT2D eigenvalue weighted by Gasteiger charge is 2.30. The maximum Gasteiger partial charge on any atom is 0.326 e. The molecular formula is C27H41N9O5. The number of benzene rings is 1. The number of hydrogen-bond donors (Lipinski definition) is 8. The molecule has 2 rings (SSSR count). The predicted octanol–water partition coefficient (Wildman–Crippen LogP) is -0.839. The SMILES string of the molecule is CC(C)CC(NC(=O)C(N)Cc1cnc[nH]1)C(=O)NC(CCCN=C(N)N)C(=O)NC(Cc1ccccc1)C(=O)O. The summed E-state index contributed by atoms with van der Waals surface area (Å²) in [6.07, 6.45) is 3.99. The van der Waals surface area contributed by atoms with E-state index in [1.54, 1.807) is 36.5 Å². The van der Waals surface area contributed by atoms with Gasteiger partial charge in [-0.3, -0.25) is 19.4 Å².